The van der Waals surface area contributed by atoms with Crippen molar-refractivity contribution in [3.8, 4) is 0 Å². The van der Waals surface area contributed by atoms with Crippen molar-refractivity contribution in [1.82, 2.24) is 5.32 Å². The number of fused-ring (bicyclic) bond motifs is 1. The van der Waals surface area contributed by atoms with E-state index in [1.165, 1.54) is 0 Å². The second-order valence-electron chi connectivity index (χ2n) is 6.66. The number of halogens is 1. The van der Waals surface area contributed by atoms with E-state index in [9.17, 15) is 4.79 Å². The molecule has 0 aliphatic rings. The molecule has 1 unspecified atom stereocenters. The van der Waals surface area contributed by atoms with E-state index in [1.54, 1.807) is 0 Å². The first kappa shape index (κ1) is 18.5. The maximum absolute atomic E-state index is 12.2. The standard InChI is InChI=1S/C17H24N2O2.ClH/c1-10-12-8-6-7-9-13(12)21-14(10)11(2)19-16(20)15(18)17(3,4)5;/h6-9,11,15H,18H2,1-5H3,(H,19,20);1H/t11?,15-;/m1./s1. The fraction of sp³-hybridized carbons (Fsp3) is 0.471. The summed E-state index contributed by atoms with van der Waals surface area (Å²) < 4.78 is 5.87. The summed E-state index contributed by atoms with van der Waals surface area (Å²) >= 11 is 0. The fourth-order valence-electron chi connectivity index (χ4n) is 2.37. The van der Waals surface area contributed by atoms with Crippen LogP contribution in [0.5, 0.6) is 0 Å². The number of nitrogens with one attached hydrogen (secondary N) is 1. The van der Waals surface area contributed by atoms with Crippen molar-refractivity contribution < 1.29 is 9.21 Å². The molecule has 0 radical (unpaired) electrons. The Morgan fingerprint density at radius 2 is 1.86 bits per heavy atom. The van der Waals surface area contributed by atoms with Crippen LogP contribution in [-0.4, -0.2) is 11.9 Å². The highest BCUT2D eigenvalue weighted by molar-refractivity contribution is 5.85. The lowest BCUT2D eigenvalue weighted by Crippen LogP contribution is -2.49. The van der Waals surface area contributed by atoms with E-state index in [0.717, 1.165) is 22.3 Å². The van der Waals surface area contributed by atoms with E-state index >= 15 is 0 Å². The number of aryl methyl sites for hydroxylation is 1. The molecule has 0 aliphatic heterocycles. The van der Waals surface area contributed by atoms with Gasteiger partial charge in [0.25, 0.3) is 0 Å². The molecule has 22 heavy (non-hydrogen) atoms. The number of rotatable bonds is 3. The zero-order valence-electron chi connectivity index (χ0n) is 13.8. The van der Waals surface area contributed by atoms with Gasteiger partial charge in [0.15, 0.2) is 0 Å². The van der Waals surface area contributed by atoms with E-state index < -0.39 is 6.04 Å². The summed E-state index contributed by atoms with van der Waals surface area (Å²) in [5.74, 6) is 0.625. The minimum absolute atomic E-state index is 0. The first-order valence-corrected chi connectivity index (χ1v) is 7.26. The molecule has 5 heteroatoms. The minimum Gasteiger partial charge on any atom is -0.459 e. The lowest BCUT2D eigenvalue weighted by molar-refractivity contribution is -0.125. The Morgan fingerprint density at radius 1 is 1.27 bits per heavy atom. The smallest absolute Gasteiger partial charge is 0.238 e. The Labute approximate surface area is 137 Å². The van der Waals surface area contributed by atoms with Gasteiger partial charge in [0.2, 0.25) is 5.91 Å². The van der Waals surface area contributed by atoms with Crippen molar-refractivity contribution in [2.45, 2.75) is 46.7 Å². The van der Waals surface area contributed by atoms with Crippen LogP contribution in [0.2, 0.25) is 0 Å². The molecule has 4 nitrogen and oxygen atoms in total. The summed E-state index contributed by atoms with van der Waals surface area (Å²) in [6.07, 6.45) is 0. The molecule has 3 N–H and O–H groups in total. The quantitative estimate of drug-likeness (QED) is 0.904. The molecule has 2 atom stereocenters. The van der Waals surface area contributed by atoms with Gasteiger partial charge < -0.3 is 15.5 Å². The van der Waals surface area contributed by atoms with E-state index in [0.29, 0.717) is 0 Å². The zero-order chi connectivity index (χ0) is 15.8. The normalized spacial score (nSPS) is 14.3. The Balaban J connectivity index is 0.00000242. The van der Waals surface area contributed by atoms with Gasteiger partial charge in [-0.2, -0.15) is 0 Å². The molecule has 0 saturated heterocycles. The number of amides is 1. The molecule has 0 bridgehead atoms. The Hall–Kier alpha value is -1.52. The third kappa shape index (κ3) is 3.62. The summed E-state index contributed by atoms with van der Waals surface area (Å²) in [6.45, 7) is 9.78. The minimum atomic E-state index is -0.551. The summed E-state index contributed by atoms with van der Waals surface area (Å²) in [5, 5.41) is 4.02. The second kappa shape index (κ2) is 6.71. The van der Waals surface area contributed by atoms with E-state index in [-0.39, 0.29) is 29.8 Å². The van der Waals surface area contributed by atoms with E-state index in [2.05, 4.69) is 5.32 Å². The molecule has 0 aliphatic carbocycles. The van der Waals surface area contributed by atoms with Gasteiger partial charge in [0.05, 0.1) is 12.1 Å². The number of nitrogens with two attached hydrogens (primary N) is 1. The molecular formula is C17H25ClN2O2. The predicted molar refractivity (Wildman–Crippen MR) is 92.2 cm³/mol. The molecule has 0 fully saturated rings. The third-order valence-corrected chi connectivity index (χ3v) is 3.85. The monoisotopic (exact) mass is 324 g/mol. The van der Waals surface area contributed by atoms with Crippen LogP contribution in [0, 0.1) is 12.3 Å². The van der Waals surface area contributed by atoms with Crippen molar-refractivity contribution in [2.75, 3.05) is 0 Å². The highest BCUT2D eigenvalue weighted by Crippen LogP contribution is 2.29. The SMILES string of the molecule is Cc1c(C(C)NC(=O)[C@@H](N)C(C)(C)C)oc2ccccc12.Cl. The average Bonchev–Trinajstić information content (AvgIpc) is 2.75. The molecule has 1 amide bonds. The first-order valence-electron chi connectivity index (χ1n) is 7.26. The molecule has 2 rings (SSSR count). The fourth-order valence-corrected chi connectivity index (χ4v) is 2.37. The van der Waals surface area contributed by atoms with Crippen LogP contribution in [0.4, 0.5) is 0 Å². The van der Waals surface area contributed by atoms with Crippen LogP contribution in [0.25, 0.3) is 11.0 Å². The summed E-state index contributed by atoms with van der Waals surface area (Å²) in [7, 11) is 0. The van der Waals surface area contributed by atoms with E-state index in [1.807, 2.05) is 58.9 Å². The van der Waals surface area contributed by atoms with Crippen LogP contribution >= 0.6 is 12.4 Å². The molecular weight excluding hydrogens is 300 g/mol. The van der Waals surface area contributed by atoms with Crippen LogP contribution in [0.1, 0.15) is 45.1 Å². The van der Waals surface area contributed by atoms with Gasteiger partial charge in [-0.15, -0.1) is 12.4 Å². The molecule has 1 aromatic carbocycles. The van der Waals surface area contributed by atoms with Gasteiger partial charge in [-0.1, -0.05) is 39.0 Å². The molecule has 0 saturated carbocycles. The molecule has 122 valence electrons. The molecule has 1 aromatic heterocycles. The number of benzene rings is 1. The number of carbonyl (C=O) groups excluding carboxylic acids is 1. The molecule has 1 heterocycles. The average molecular weight is 325 g/mol. The van der Waals surface area contributed by atoms with Crippen molar-refractivity contribution in [3.63, 3.8) is 0 Å². The number of hydrogen-bond acceptors (Lipinski definition) is 3. The van der Waals surface area contributed by atoms with Crippen molar-refractivity contribution >= 4 is 29.3 Å². The largest absolute Gasteiger partial charge is 0.459 e. The maximum Gasteiger partial charge on any atom is 0.238 e. The lowest BCUT2D eigenvalue weighted by Gasteiger charge is -2.27. The van der Waals surface area contributed by atoms with Crippen molar-refractivity contribution in [1.29, 1.82) is 0 Å². The molecule has 0 spiro atoms. The Morgan fingerprint density at radius 3 is 2.41 bits per heavy atom. The summed E-state index contributed by atoms with van der Waals surface area (Å²) in [6, 6.07) is 7.11. The summed E-state index contributed by atoms with van der Waals surface area (Å²) in [5.41, 5.74) is 7.62. The third-order valence-electron chi connectivity index (χ3n) is 3.85. The number of para-hydroxylation sites is 1. The lowest BCUT2D eigenvalue weighted by atomic mass is 9.87. The summed E-state index contributed by atoms with van der Waals surface area (Å²) in [4.78, 5) is 12.2. The van der Waals surface area contributed by atoms with E-state index in [4.69, 9.17) is 10.2 Å². The van der Waals surface area contributed by atoms with Crippen molar-refractivity contribution in [3.05, 3.63) is 35.6 Å². The Bertz CT molecular complexity index is 658. The van der Waals surface area contributed by atoms with Crippen LogP contribution in [0.3, 0.4) is 0 Å². The van der Waals surface area contributed by atoms with Gasteiger partial charge >= 0.3 is 0 Å². The number of carbonyl (C=O) groups is 1. The molecule has 2 aromatic rings. The first-order chi connectivity index (χ1) is 9.71. The van der Waals surface area contributed by atoms with Gasteiger partial charge in [-0.3, -0.25) is 4.79 Å². The van der Waals surface area contributed by atoms with Crippen LogP contribution in [0.15, 0.2) is 28.7 Å². The maximum atomic E-state index is 12.2. The zero-order valence-corrected chi connectivity index (χ0v) is 14.6. The van der Waals surface area contributed by atoms with Gasteiger partial charge in [0.1, 0.15) is 11.3 Å². The van der Waals surface area contributed by atoms with Crippen LogP contribution in [-0.2, 0) is 4.79 Å². The highest BCUT2D eigenvalue weighted by atomic mass is 35.5. The Kier molecular flexibility index (Phi) is 5.65. The number of furan rings is 1. The predicted octanol–water partition coefficient (Wildman–Crippen LogP) is 3.71. The highest BCUT2D eigenvalue weighted by Gasteiger charge is 2.29. The second-order valence-corrected chi connectivity index (χ2v) is 6.66. The van der Waals surface area contributed by atoms with Gasteiger partial charge in [0, 0.05) is 10.9 Å². The van der Waals surface area contributed by atoms with Gasteiger partial charge in [-0.05, 0) is 25.3 Å². The van der Waals surface area contributed by atoms with Gasteiger partial charge in [-0.25, -0.2) is 0 Å². The topological polar surface area (TPSA) is 68.3 Å². The number of hydrogen-bond donors (Lipinski definition) is 2. The van der Waals surface area contributed by atoms with Crippen molar-refractivity contribution in [2.24, 2.45) is 11.1 Å². The van der Waals surface area contributed by atoms with Crippen LogP contribution < -0.4 is 11.1 Å².